The largest absolute Gasteiger partial charge is 0.126 e. The third-order valence-electron chi connectivity index (χ3n) is 3.12. The van der Waals surface area contributed by atoms with Crippen molar-refractivity contribution in [3.63, 3.8) is 0 Å². The molecule has 1 aliphatic rings. The molecule has 0 aromatic heterocycles. The van der Waals surface area contributed by atoms with Gasteiger partial charge in [0.1, 0.15) is 0 Å². The Morgan fingerprint density at radius 1 is 1.30 bits per heavy atom. The molecule has 0 amide bonds. The molecule has 1 saturated carbocycles. The molecular formula is C9H17Cl. The molecule has 0 N–H and O–H groups in total. The van der Waals surface area contributed by atoms with E-state index in [1.54, 1.807) is 0 Å². The van der Waals surface area contributed by atoms with E-state index in [1.165, 1.54) is 25.7 Å². The molecule has 0 saturated heterocycles. The SMILES string of the molecule is CCC(CC)(CCl)C1CC1. The van der Waals surface area contributed by atoms with Crippen LogP contribution in [0.25, 0.3) is 0 Å². The van der Waals surface area contributed by atoms with Crippen LogP contribution in [0, 0.1) is 11.3 Å². The van der Waals surface area contributed by atoms with Crippen molar-refractivity contribution in [2.24, 2.45) is 11.3 Å². The minimum Gasteiger partial charge on any atom is -0.126 e. The fourth-order valence-corrected chi connectivity index (χ4v) is 2.42. The van der Waals surface area contributed by atoms with E-state index in [2.05, 4.69) is 13.8 Å². The highest BCUT2D eigenvalue weighted by Gasteiger charge is 2.41. The van der Waals surface area contributed by atoms with Crippen molar-refractivity contribution in [3.05, 3.63) is 0 Å². The zero-order valence-electron chi connectivity index (χ0n) is 6.99. The first-order valence-electron chi connectivity index (χ1n) is 4.35. The molecule has 10 heavy (non-hydrogen) atoms. The van der Waals surface area contributed by atoms with Gasteiger partial charge in [-0.05, 0) is 37.0 Å². The third-order valence-corrected chi connectivity index (χ3v) is 3.65. The predicted octanol–water partition coefficient (Wildman–Crippen LogP) is 3.44. The maximum absolute atomic E-state index is 5.96. The number of halogens is 1. The van der Waals surface area contributed by atoms with Gasteiger partial charge in [-0.3, -0.25) is 0 Å². The van der Waals surface area contributed by atoms with Gasteiger partial charge < -0.3 is 0 Å². The summed E-state index contributed by atoms with van der Waals surface area (Å²) in [5.74, 6) is 1.82. The highest BCUT2D eigenvalue weighted by atomic mass is 35.5. The van der Waals surface area contributed by atoms with E-state index in [9.17, 15) is 0 Å². The molecule has 0 unspecified atom stereocenters. The summed E-state index contributed by atoms with van der Waals surface area (Å²) < 4.78 is 0. The fraction of sp³-hybridized carbons (Fsp3) is 1.00. The summed E-state index contributed by atoms with van der Waals surface area (Å²) in [6, 6.07) is 0. The van der Waals surface area contributed by atoms with Gasteiger partial charge in [0, 0.05) is 5.88 Å². The van der Waals surface area contributed by atoms with Crippen molar-refractivity contribution in [1.82, 2.24) is 0 Å². The molecular weight excluding hydrogens is 144 g/mol. The summed E-state index contributed by atoms with van der Waals surface area (Å²) in [4.78, 5) is 0. The zero-order valence-corrected chi connectivity index (χ0v) is 7.75. The van der Waals surface area contributed by atoms with E-state index >= 15 is 0 Å². The molecule has 0 atom stereocenters. The maximum Gasteiger partial charge on any atom is 0.0282 e. The average Bonchev–Trinajstić information content (AvgIpc) is 2.77. The molecule has 0 spiro atoms. The first-order chi connectivity index (χ1) is 4.79. The second kappa shape index (κ2) is 3.13. The number of hydrogen-bond acceptors (Lipinski definition) is 0. The maximum atomic E-state index is 5.96. The molecule has 1 rings (SSSR count). The van der Waals surface area contributed by atoms with E-state index in [0.29, 0.717) is 5.41 Å². The van der Waals surface area contributed by atoms with E-state index in [1.807, 2.05) is 0 Å². The molecule has 1 heteroatoms. The van der Waals surface area contributed by atoms with Crippen LogP contribution in [-0.2, 0) is 0 Å². The van der Waals surface area contributed by atoms with Crippen molar-refractivity contribution in [3.8, 4) is 0 Å². The Morgan fingerprint density at radius 2 is 1.80 bits per heavy atom. The molecule has 0 aromatic carbocycles. The Labute approximate surface area is 69.0 Å². The van der Waals surface area contributed by atoms with Crippen molar-refractivity contribution in [2.45, 2.75) is 39.5 Å². The molecule has 0 radical (unpaired) electrons. The summed E-state index contributed by atoms with van der Waals surface area (Å²) in [5, 5.41) is 0. The lowest BCUT2D eigenvalue weighted by Crippen LogP contribution is -2.23. The monoisotopic (exact) mass is 160 g/mol. The molecule has 1 aliphatic carbocycles. The van der Waals surface area contributed by atoms with E-state index in [0.717, 1.165) is 11.8 Å². The lowest BCUT2D eigenvalue weighted by atomic mass is 9.79. The smallest absolute Gasteiger partial charge is 0.0282 e. The predicted molar refractivity (Wildman–Crippen MR) is 46.5 cm³/mol. The van der Waals surface area contributed by atoms with Crippen LogP contribution in [0.4, 0.5) is 0 Å². The van der Waals surface area contributed by atoms with E-state index in [-0.39, 0.29) is 0 Å². The lowest BCUT2D eigenvalue weighted by molar-refractivity contribution is 0.255. The second-order valence-electron chi connectivity index (χ2n) is 3.48. The third kappa shape index (κ3) is 1.32. The first kappa shape index (κ1) is 8.39. The average molecular weight is 161 g/mol. The summed E-state index contributed by atoms with van der Waals surface area (Å²) >= 11 is 5.96. The van der Waals surface area contributed by atoms with Gasteiger partial charge in [0.05, 0.1) is 0 Å². The number of hydrogen-bond donors (Lipinski definition) is 0. The van der Waals surface area contributed by atoms with Gasteiger partial charge in [0.25, 0.3) is 0 Å². The van der Waals surface area contributed by atoms with Gasteiger partial charge in [-0.25, -0.2) is 0 Å². The van der Waals surface area contributed by atoms with Crippen molar-refractivity contribution < 1.29 is 0 Å². The lowest BCUT2D eigenvalue weighted by Gasteiger charge is -2.28. The van der Waals surface area contributed by atoms with Crippen LogP contribution in [-0.4, -0.2) is 5.88 Å². The highest BCUT2D eigenvalue weighted by molar-refractivity contribution is 6.18. The van der Waals surface area contributed by atoms with Gasteiger partial charge in [-0.1, -0.05) is 13.8 Å². The molecule has 1 fully saturated rings. The number of alkyl halides is 1. The molecule has 0 nitrogen and oxygen atoms in total. The van der Waals surface area contributed by atoms with Gasteiger partial charge in [-0.2, -0.15) is 0 Å². The summed E-state index contributed by atoms with van der Waals surface area (Å²) in [6.07, 6.45) is 5.37. The van der Waals surface area contributed by atoms with Crippen LogP contribution in [0.15, 0.2) is 0 Å². The summed E-state index contributed by atoms with van der Waals surface area (Å²) in [7, 11) is 0. The minimum atomic E-state index is 0.502. The molecule has 0 aromatic rings. The molecule has 0 bridgehead atoms. The van der Waals surface area contributed by atoms with Crippen molar-refractivity contribution in [1.29, 1.82) is 0 Å². The van der Waals surface area contributed by atoms with Gasteiger partial charge in [-0.15, -0.1) is 11.6 Å². The molecule has 0 aliphatic heterocycles. The van der Waals surface area contributed by atoms with E-state index < -0.39 is 0 Å². The zero-order chi connectivity index (χ0) is 7.61. The fourth-order valence-electron chi connectivity index (χ4n) is 1.82. The summed E-state index contributed by atoms with van der Waals surface area (Å²) in [5.41, 5.74) is 0.502. The quantitative estimate of drug-likeness (QED) is 0.553. The second-order valence-corrected chi connectivity index (χ2v) is 3.74. The van der Waals surface area contributed by atoms with Gasteiger partial charge >= 0.3 is 0 Å². The first-order valence-corrected chi connectivity index (χ1v) is 4.88. The van der Waals surface area contributed by atoms with Crippen molar-refractivity contribution in [2.75, 3.05) is 5.88 Å². The Balaban J connectivity index is 2.52. The Hall–Kier alpha value is 0.290. The van der Waals surface area contributed by atoms with Gasteiger partial charge in [0.15, 0.2) is 0 Å². The van der Waals surface area contributed by atoms with Crippen LogP contribution in [0.1, 0.15) is 39.5 Å². The Morgan fingerprint density at radius 3 is 1.90 bits per heavy atom. The van der Waals surface area contributed by atoms with Gasteiger partial charge in [0.2, 0.25) is 0 Å². The van der Waals surface area contributed by atoms with Crippen LogP contribution < -0.4 is 0 Å². The van der Waals surface area contributed by atoms with Crippen molar-refractivity contribution >= 4 is 11.6 Å². The Kier molecular flexibility index (Phi) is 2.62. The summed E-state index contributed by atoms with van der Waals surface area (Å²) in [6.45, 7) is 4.54. The van der Waals surface area contributed by atoms with Crippen LogP contribution in [0.5, 0.6) is 0 Å². The van der Waals surface area contributed by atoms with Crippen LogP contribution in [0.3, 0.4) is 0 Å². The van der Waals surface area contributed by atoms with E-state index in [4.69, 9.17) is 11.6 Å². The number of rotatable bonds is 4. The molecule has 0 heterocycles. The minimum absolute atomic E-state index is 0.502. The normalized spacial score (nSPS) is 19.5. The van der Waals surface area contributed by atoms with Crippen LogP contribution >= 0.6 is 11.6 Å². The Bertz CT molecular complexity index is 93.0. The highest BCUT2D eigenvalue weighted by Crippen LogP contribution is 2.50. The molecule has 60 valence electrons. The standard InChI is InChI=1S/C9H17Cl/c1-3-9(4-2,7-10)8-5-6-8/h8H,3-7H2,1-2H3. The topological polar surface area (TPSA) is 0 Å². The van der Waals surface area contributed by atoms with Crippen LogP contribution in [0.2, 0.25) is 0 Å².